The summed E-state index contributed by atoms with van der Waals surface area (Å²) in [7, 11) is 0. The molecule has 0 saturated carbocycles. The number of benzene rings is 1. The van der Waals surface area contributed by atoms with Crippen molar-refractivity contribution in [1.29, 1.82) is 0 Å². The molecule has 0 aromatic heterocycles. The summed E-state index contributed by atoms with van der Waals surface area (Å²) in [4.78, 5) is 11.7. The van der Waals surface area contributed by atoms with Gasteiger partial charge in [0.1, 0.15) is 0 Å². The molecule has 0 radical (unpaired) electrons. The van der Waals surface area contributed by atoms with E-state index in [0.29, 0.717) is 12.1 Å². The lowest BCUT2D eigenvalue weighted by Gasteiger charge is -2.12. The molecule has 1 unspecified atom stereocenters. The van der Waals surface area contributed by atoms with E-state index in [1.165, 1.54) is 0 Å². The topological polar surface area (TPSA) is 55.1 Å². The van der Waals surface area contributed by atoms with Gasteiger partial charge in [-0.15, -0.1) is 6.42 Å². The molecule has 0 heterocycles. The number of rotatable bonds is 5. The number of hydrogen-bond donors (Lipinski definition) is 2. The third kappa shape index (κ3) is 4.60. The first kappa shape index (κ1) is 13.1. The highest BCUT2D eigenvalue weighted by molar-refractivity contribution is 5.79. The van der Waals surface area contributed by atoms with Crippen molar-refractivity contribution in [2.24, 2.45) is 0 Å². The van der Waals surface area contributed by atoms with Crippen molar-refractivity contribution in [1.82, 2.24) is 5.32 Å². The van der Waals surface area contributed by atoms with Crippen molar-refractivity contribution in [3.8, 4) is 12.3 Å². The van der Waals surface area contributed by atoms with Gasteiger partial charge in [0.05, 0.1) is 12.5 Å². The zero-order valence-corrected chi connectivity index (χ0v) is 10.1. The summed E-state index contributed by atoms with van der Waals surface area (Å²) >= 11 is 0. The number of terminal acetylenes is 1. The molecule has 0 aliphatic rings. The Morgan fingerprint density at radius 3 is 2.94 bits per heavy atom. The molecule has 17 heavy (non-hydrogen) atoms. The highest BCUT2D eigenvalue weighted by Gasteiger charge is 2.09. The van der Waals surface area contributed by atoms with Crippen LogP contribution in [0.5, 0.6) is 0 Å². The summed E-state index contributed by atoms with van der Waals surface area (Å²) in [5.74, 6) is 2.51. The number of nitrogen functional groups attached to an aromatic ring is 1. The lowest BCUT2D eigenvalue weighted by molar-refractivity contribution is -0.120. The third-order valence-electron chi connectivity index (χ3n) is 2.43. The van der Waals surface area contributed by atoms with Crippen LogP contribution in [0.3, 0.4) is 0 Å². The quantitative estimate of drug-likeness (QED) is 0.598. The maximum atomic E-state index is 11.7. The van der Waals surface area contributed by atoms with E-state index in [4.69, 9.17) is 12.2 Å². The Morgan fingerprint density at radius 1 is 1.59 bits per heavy atom. The number of hydrogen-bond acceptors (Lipinski definition) is 2. The molecular formula is C14H18N2O. The first-order valence-electron chi connectivity index (χ1n) is 5.75. The molecule has 90 valence electrons. The SMILES string of the molecule is C#CC(CCC)NC(=O)Cc1cccc(N)c1. The molecule has 3 N–H and O–H groups in total. The molecule has 1 rings (SSSR count). The van der Waals surface area contributed by atoms with E-state index >= 15 is 0 Å². The highest BCUT2D eigenvalue weighted by atomic mass is 16.1. The smallest absolute Gasteiger partial charge is 0.225 e. The number of nitrogens with two attached hydrogens (primary N) is 1. The van der Waals surface area contributed by atoms with Crippen LogP contribution in [0.15, 0.2) is 24.3 Å². The minimum Gasteiger partial charge on any atom is -0.399 e. The molecule has 0 fully saturated rings. The maximum Gasteiger partial charge on any atom is 0.225 e. The molecular weight excluding hydrogens is 212 g/mol. The molecule has 0 spiro atoms. The summed E-state index contributed by atoms with van der Waals surface area (Å²) in [5.41, 5.74) is 7.21. The van der Waals surface area contributed by atoms with Crippen LogP contribution in [0.1, 0.15) is 25.3 Å². The van der Waals surface area contributed by atoms with Crippen LogP contribution < -0.4 is 11.1 Å². The Hall–Kier alpha value is -1.95. The van der Waals surface area contributed by atoms with Gasteiger partial charge in [0, 0.05) is 5.69 Å². The standard InChI is InChI=1S/C14H18N2O/c1-3-6-13(4-2)16-14(17)10-11-7-5-8-12(15)9-11/h2,5,7-9,13H,3,6,10,15H2,1H3,(H,16,17). The van der Waals surface area contributed by atoms with Crippen molar-refractivity contribution in [3.05, 3.63) is 29.8 Å². The van der Waals surface area contributed by atoms with Gasteiger partial charge in [-0.2, -0.15) is 0 Å². The van der Waals surface area contributed by atoms with Crippen molar-refractivity contribution in [2.45, 2.75) is 32.2 Å². The van der Waals surface area contributed by atoms with Gasteiger partial charge >= 0.3 is 0 Å². The van der Waals surface area contributed by atoms with Crippen LogP contribution in [0, 0.1) is 12.3 Å². The predicted molar refractivity (Wildman–Crippen MR) is 70.2 cm³/mol. The molecule has 0 aliphatic heterocycles. The number of carbonyl (C=O) groups excluding carboxylic acids is 1. The van der Waals surface area contributed by atoms with Gasteiger partial charge in [0.15, 0.2) is 0 Å². The molecule has 1 aromatic carbocycles. The first-order valence-corrected chi connectivity index (χ1v) is 5.75. The number of nitrogens with one attached hydrogen (secondary N) is 1. The number of carbonyl (C=O) groups is 1. The Labute approximate surface area is 102 Å². The largest absolute Gasteiger partial charge is 0.399 e. The number of amides is 1. The van der Waals surface area contributed by atoms with Crippen molar-refractivity contribution in [2.75, 3.05) is 5.73 Å². The molecule has 0 saturated heterocycles. The second-order valence-corrected chi connectivity index (χ2v) is 4.00. The van der Waals surface area contributed by atoms with E-state index in [0.717, 1.165) is 18.4 Å². The maximum absolute atomic E-state index is 11.7. The van der Waals surface area contributed by atoms with Crippen LogP contribution >= 0.6 is 0 Å². The fourth-order valence-corrected chi connectivity index (χ4v) is 1.62. The fourth-order valence-electron chi connectivity index (χ4n) is 1.62. The highest BCUT2D eigenvalue weighted by Crippen LogP contribution is 2.07. The number of anilines is 1. The van der Waals surface area contributed by atoms with Gasteiger partial charge < -0.3 is 11.1 Å². The normalized spacial score (nSPS) is 11.5. The molecule has 0 aliphatic carbocycles. The van der Waals surface area contributed by atoms with Crippen LogP contribution in [-0.2, 0) is 11.2 Å². The van der Waals surface area contributed by atoms with E-state index < -0.39 is 0 Å². The van der Waals surface area contributed by atoms with E-state index in [2.05, 4.69) is 11.2 Å². The summed E-state index contributed by atoms with van der Waals surface area (Å²) in [6, 6.07) is 7.13. The zero-order valence-electron chi connectivity index (χ0n) is 10.1. The van der Waals surface area contributed by atoms with Gasteiger partial charge in [-0.1, -0.05) is 31.4 Å². The summed E-state index contributed by atoms with van der Waals surface area (Å²) in [5, 5.41) is 2.82. The van der Waals surface area contributed by atoms with E-state index in [-0.39, 0.29) is 11.9 Å². The second kappa shape index (κ2) is 6.59. The molecule has 1 aromatic rings. The van der Waals surface area contributed by atoms with Crippen LogP contribution in [0.4, 0.5) is 5.69 Å². The average Bonchev–Trinajstić information content (AvgIpc) is 2.28. The van der Waals surface area contributed by atoms with Gasteiger partial charge in [-0.25, -0.2) is 0 Å². The van der Waals surface area contributed by atoms with Crippen molar-refractivity contribution >= 4 is 11.6 Å². The van der Waals surface area contributed by atoms with Crippen LogP contribution in [0.2, 0.25) is 0 Å². The van der Waals surface area contributed by atoms with Crippen molar-refractivity contribution < 1.29 is 4.79 Å². The summed E-state index contributed by atoms with van der Waals surface area (Å²) in [6.45, 7) is 2.04. The summed E-state index contributed by atoms with van der Waals surface area (Å²) < 4.78 is 0. The first-order chi connectivity index (χ1) is 8.15. The lowest BCUT2D eigenvalue weighted by atomic mass is 10.1. The predicted octanol–water partition coefficient (Wildman–Crippen LogP) is 1.73. The monoisotopic (exact) mass is 230 g/mol. The van der Waals surface area contributed by atoms with Gasteiger partial charge in [-0.05, 0) is 24.1 Å². The Balaban J connectivity index is 2.52. The third-order valence-corrected chi connectivity index (χ3v) is 2.43. The summed E-state index contributed by atoms with van der Waals surface area (Å²) in [6.07, 6.45) is 7.41. The average molecular weight is 230 g/mol. The van der Waals surface area contributed by atoms with Gasteiger partial charge in [0.2, 0.25) is 5.91 Å². The molecule has 1 amide bonds. The Morgan fingerprint density at radius 2 is 2.35 bits per heavy atom. The van der Waals surface area contributed by atoms with Gasteiger partial charge in [0.25, 0.3) is 0 Å². The molecule has 1 atom stereocenters. The van der Waals surface area contributed by atoms with E-state index in [1.807, 2.05) is 19.1 Å². The van der Waals surface area contributed by atoms with Crippen LogP contribution in [0.25, 0.3) is 0 Å². The van der Waals surface area contributed by atoms with Crippen LogP contribution in [-0.4, -0.2) is 11.9 Å². The van der Waals surface area contributed by atoms with Crippen molar-refractivity contribution in [3.63, 3.8) is 0 Å². The van der Waals surface area contributed by atoms with E-state index in [9.17, 15) is 4.79 Å². The second-order valence-electron chi connectivity index (χ2n) is 4.00. The minimum absolute atomic E-state index is 0.0630. The lowest BCUT2D eigenvalue weighted by Crippen LogP contribution is -2.34. The zero-order chi connectivity index (χ0) is 12.7. The Kier molecular flexibility index (Phi) is 5.09. The molecule has 3 heteroatoms. The minimum atomic E-state index is -0.173. The Bertz CT molecular complexity index is 420. The van der Waals surface area contributed by atoms with E-state index in [1.54, 1.807) is 12.1 Å². The fraction of sp³-hybridized carbons (Fsp3) is 0.357. The van der Waals surface area contributed by atoms with Gasteiger partial charge in [-0.3, -0.25) is 4.79 Å². The molecule has 3 nitrogen and oxygen atoms in total. The molecule has 0 bridgehead atoms.